The van der Waals surface area contributed by atoms with Crippen LogP contribution in [-0.2, 0) is 6.42 Å². The third kappa shape index (κ3) is 3.36. The Bertz CT molecular complexity index is 768. The summed E-state index contributed by atoms with van der Waals surface area (Å²) in [4.78, 5) is 18.8. The number of rotatable bonds is 4. The van der Waals surface area contributed by atoms with Gasteiger partial charge in [-0.1, -0.05) is 50.2 Å². The van der Waals surface area contributed by atoms with E-state index in [0.717, 1.165) is 34.3 Å². The molecule has 23 heavy (non-hydrogen) atoms. The van der Waals surface area contributed by atoms with Gasteiger partial charge in [0.1, 0.15) is 0 Å². The zero-order valence-electron chi connectivity index (χ0n) is 14.0. The highest BCUT2D eigenvalue weighted by atomic mass is 32.2. The predicted octanol–water partition coefficient (Wildman–Crippen LogP) is 4.47. The van der Waals surface area contributed by atoms with Crippen molar-refractivity contribution in [3.8, 4) is 5.69 Å². The summed E-state index contributed by atoms with van der Waals surface area (Å²) in [6.07, 6.45) is 1.94. The summed E-state index contributed by atoms with van der Waals surface area (Å²) in [5, 5.41) is 1.69. The van der Waals surface area contributed by atoms with Gasteiger partial charge in [0, 0.05) is 16.9 Å². The number of aryl methyl sites for hydroxylation is 1. The smallest absolute Gasteiger partial charge is 0.268 e. The minimum atomic E-state index is 0.0824. The molecule has 2 aromatic rings. The third-order valence-electron chi connectivity index (χ3n) is 4.05. The van der Waals surface area contributed by atoms with Crippen LogP contribution < -0.4 is 5.56 Å². The van der Waals surface area contributed by atoms with Gasteiger partial charge in [0.15, 0.2) is 5.16 Å². The third-order valence-corrected chi connectivity index (χ3v) is 6.49. The van der Waals surface area contributed by atoms with Crippen molar-refractivity contribution in [3.63, 3.8) is 0 Å². The standard InChI is InChI=1S/C18H22N2OS2/c1-5-12(3)23-18-19-15-10-13(4)22-16(15)17(21)20(18)14-8-6-11(2)7-9-14/h6-9,12-13H,5,10H2,1-4H3/t12-,13+/m0/s1. The zero-order valence-corrected chi connectivity index (χ0v) is 15.6. The molecule has 0 radical (unpaired) electrons. The fraction of sp³-hybridized carbons (Fsp3) is 0.444. The molecular weight excluding hydrogens is 324 g/mol. The van der Waals surface area contributed by atoms with Gasteiger partial charge in [0.05, 0.1) is 16.3 Å². The maximum Gasteiger partial charge on any atom is 0.272 e. The minimum absolute atomic E-state index is 0.0824. The van der Waals surface area contributed by atoms with Gasteiger partial charge in [-0.15, -0.1) is 11.8 Å². The highest BCUT2D eigenvalue weighted by Gasteiger charge is 2.27. The molecule has 1 aromatic carbocycles. The van der Waals surface area contributed by atoms with Gasteiger partial charge in [-0.3, -0.25) is 9.36 Å². The van der Waals surface area contributed by atoms with Gasteiger partial charge in [0.25, 0.3) is 5.56 Å². The molecular formula is C18H22N2OS2. The van der Waals surface area contributed by atoms with E-state index in [4.69, 9.17) is 4.98 Å². The number of thioether (sulfide) groups is 2. The Balaban J connectivity index is 2.17. The Morgan fingerprint density at radius 1 is 1.39 bits per heavy atom. The summed E-state index contributed by atoms with van der Waals surface area (Å²) >= 11 is 3.35. The second-order valence-corrected chi connectivity index (χ2v) is 8.97. The Labute approximate surface area is 145 Å². The summed E-state index contributed by atoms with van der Waals surface area (Å²) in [7, 11) is 0. The summed E-state index contributed by atoms with van der Waals surface area (Å²) in [6, 6.07) is 8.11. The van der Waals surface area contributed by atoms with Crippen molar-refractivity contribution in [3.05, 3.63) is 45.9 Å². The van der Waals surface area contributed by atoms with Crippen molar-refractivity contribution in [2.24, 2.45) is 0 Å². The van der Waals surface area contributed by atoms with Crippen LogP contribution in [-0.4, -0.2) is 20.1 Å². The van der Waals surface area contributed by atoms with E-state index >= 15 is 0 Å². The lowest BCUT2D eigenvalue weighted by atomic mass is 10.2. The zero-order chi connectivity index (χ0) is 16.6. The van der Waals surface area contributed by atoms with Crippen LogP contribution >= 0.6 is 23.5 Å². The molecule has 5 heteroatoms. The molecule has 2 atom stereocenters. The van der Waals surface area contributed by atoms with Crippen LogP contribution in [0.5, 0.6) is 0 Å². The topological polar surface area (TPSA) is 34.9 Å². The van der Waals surface area contributed by atoms with Gasteiger partial charge in [-0.2, -0.15) is 0 Å². The van der Waals surface area contributed by atoms with Crippen molar-refractivity contribution >= 4 is 23.5 Å². The summed E-state index contributed by atoms with van der Waals surface area (Å²) in [5.74, 6) is 0. The molecule has 0 spiro atoms. The first-order valence-electron chi connectivity index (χ1n) is 8.06. The van der Waals surface area contributed by atoms with Crippen molar-refractivity contribution in [1.82, 2.24) is 9.55 Å². The number of fused-ring (bicyclic) bond motifs is 1. The first-order chi connectivity index (χ1) is 11.0. The average molecular weight is 347 g/mol. The maximum atomic E-state index is 13.1. The molecule has 3 nitrogen and oxygen atoms in total. The first-order valence-corrected chi connectivity index (χ1v) is 9.81. The molecule has 0 aliphatic carbocycles. The van der Waals surface area contributed by atoms with Gasteiger partial charge >= 0.3 is 0 Å². The highest BCUT2D eigenvalue weighted by Crippen LogP contribution is 2.35. The summed E-state index contributed by atoms with van der Waals surface area (Å²) in [5.41, 5.74) is 3.15. The second-order valence-electron chi connectivity index (χ2n) is 6.12. The average Bonchev–Trinajstić information content (AvgIpc) is 2.89. The van der Waals surface area contributed by atoms with Crippen LogP contribution in [0.1, 0.15) is 38.4 Å². The SMILES string of the molecule is CC[C@H](C)Sc1nc2c(c(=O)n1-c1ccc(C)cc1)S[C@H](C)C2. The lowest BCUT2D eigenvalue weighted by Gasteiger charge is -2.16. The second kappa shape index (κ2) is 6.73. The molecule has 0 fully saturated rings. The molecule has 1 aliphatic heterocycles. The van der Waals surface area contributed by atoms with Crippen molar-refractivity contribution in [1.29, 1.82) is 0 Å². The van der Waals surface area contributed by atoms with E-state index < -0.39 is 0 Å². The Kier molecular flexibility index (Phi) is 4.87. The highest BCUT2D eigenvalue weighted by molar-refractivity contribution is 8.00. The molecule has 0 amide bonds. The largest absolute Gasteiger partial charge is 0.272 e. The monoisotopic (exact) mass is 346 g/mol. The predicted molar refractivity (Wildman–Crippen MR) is 99.2 cm³/mol. The molecule has 1 aromatic heterocycles. The van der Waals surface area contributed by atoms with Crippen LogP contribution in [0.4, 0.5) is 0 Å². The van der Waals surface area contributed by atoms with E-state index in [0.29, 0.717) is 10.5 Å². The van der Waals surface area contributed by atoms with Crippen molar-refractivity contribution in [2.75, 3.05) is 0 Å². The molecule has 0 bridgehead atoms. The minimum Gasteiger partial charge on any atom is -0.268 e. The first kappa shape index (κ1) is 16.7. The van der Waals surface area contributed by atoms with Crippen molar-refractivity contribution < 1.29 is 0 Å². The molecule has 0 saturated heterocycles. The fourth-order valence-electron chi connectivity index (χ4n) is 2.56. The van der Waals surface area contributed by atoms with E-state index in [1.807, 2.05) is 24.3 Å². The van der Waals surface area contributed by atoms with Crippen LogP contribution in [0, 0.1) is 6.92 Å². The van der Waals surface area contributed by atoms with E-state index in [1.54, 1.807) is 28.1 Å². The molecule has 122 valence electrons. The van der Waals surface area contributed by atoms with Crippen LogP contribution in [0.15, 0.2) is 39.1 Å². The van der Waals surface area contributed by atoms with E-state index in [2.05, 4.69) is 27.7 Å². The van der Waals surface area contributed by atoms with Gasteiger partial charge < -0.3 is 0 Å². The number of nitrogens with zero attached hydrogens (tertiary/aromatic N) is 2. The molecule has 2 heterocycles. The van der Waals surface area contributed by atoms with Crippen molar-refractivity contribution in [2.45, 2.75) is 61.1 Å². The number of aromatic nitrogens is 2. The lowest BCUT2D eigenvalue weighted by molar-refractivity contribution is 0.726. The van der Waals surface area contributed by atoms with Gasteiger partial charge in [-0.05, 0) is 25.5 Å². The number of benzene rings is 1. The normalized spacial score (nSPS) is 18.0. The van der Waals surface area contributed by atoms with Crippen LogP contribution in [0.3, 0.4) is 0 Å². The molecule has 0 N–H and O–H groups in total. The number of hydrogen-bond donors (Lipinski definition) is 0. The molecule has 0 saturated carbocycles. The van der Waals surface area contributed by atoms with Crippen LogP contribution in [0.25, 0.3) is 5.69 Å². The van der Waals surface area contributed by atoms with Gasteiger partial charge in [0.2, 0.25) is 0 Å². The summed E-state index contributed by atoms with van der Waals surface area (Å²) < 4.78 is 1.79. The van der Waals surface area contributed by atoms with Crippen LogP contribution in [0.2, 0.25) is 0 Å². The fourth-order valence-corrected chi connectivity index (χ4v) is 4.65. The summed E-state index contributed by atoms with van der Waals surface area (Å²) in [6.45, 7) is 8.56. The molecule has 1 aliphatic rings. The van der Waals surface area contributed by atoms with Gasteiger partial charge in [-0.25, -0.2) is 4.98 Å². The lowest BCUT2D eigenvalue weighted by Crippen LogP contribution is -2.24. The maximum absolute atomic E-state index is 13.1. The quantitative estimate of drug-likeness (QED) is 0.604. The Morgan fingerprint density at radius 3 is 2.74 bits per heavy atom. The molecule has 3 rings (SSSR count). The van der Waals surface area contributed by atoms with E-state index in [1.165, 1.54) is 5.56 Å². The Hall–Kier alpha value is -1.20. The van der Waals surface area contributed by atoms with E-state index in [-0.39, 0.29) is 5.56 Å². The molecule has 0 unspecified atom stereocenters. The number of hydrogen-bond acceptors (Lipinski definition) is 4. The van der Waals surface area contributed by atoms with E-state index in [9.17, 15) is 4.79 Å². The Morgan fingerprint density at radius 2 is 2.09 bits per heavy atom.